The molecule has 3 saturated heterocycles. The molecule has 9 nitrogen and oxygen atoms in total. The van der Waals surface area contributed by atoms with Crippen molar-refractivity contribution in [3.05, 3.63) is 82.6 Å². The summed E-state index contributed by atoms with van der Waals surface area (Å²) in [5.74, 6) is 6.08. The molecule has 2 atom stereocenters. The number of carbonyl (C=O) groups excluding carboxylic acids is 1. The molecule has 0 aliphatic carbocycles. The number of rotatable bonds is 6. The van der Waals surface area contributed by atoms with Crippen molar-refractivity contribution in [3.8, 4) is 0 Å². The molecule has 6 rings (SSSR count). The third kappa shape index (κ3) is 5.39. The number of halogens is 2. The molecule has 2 aromatic carbocycles. The Bertz CT molecular complexity index is 1540. The molecule has 3 aromatic rings. The van der Waals surface area contributed by atoms with Gasteiger partial charge in [0.25, 0.3) is 5.91 Å². The highest BCUT2D eigenvalue weighted by Crippen LogP contribution is 2.37. The van der Waals surface area contributed by atoms with Gasteiger partial charge in [-0.05, 0) is 55.4 Å². The Labute approximate surface area is 244 Å². The van der Waals surface area contributed by atoms with E-state index in [1.54, 1.807) is 15.3 Å². The van der Waals surface area contributed by atoms with Crippen molar-refractivity contribution >= 4 is 39.2 Å². The molecule has 3 fully saturated rings. The largest absolute Gasteiger partial charge is 0.347 e. The first kappa shape index (κ1) is 27.9. The van der Waals surface area contributed by atoms with Gasteiger partial charge in [0.15, 0.2) is 0 Å². The van der Waals surface area contributed by atoms with Crippen molar-refractivity contribution in [2.24, 2.45) is 5.84 Å². The molecule has 3 N–H and O–H groups in total. The van der Waals surface area contributed by atoms with Crippen molar-refractivity contribution in [3.63, 3.8) is 0 Å². The van der Waals surface area contributed by atoms with Gasteiger partial charge >= 0.3 is 0 Å². The predicted octanol–water partition coefficient (Wildman–Crippen LogP) is 4.22. The van der Waals surface area contributed by atoms with Crippen LogP contribution < -0.4 is 16.2 Å². The predicted molar refractivity (Wildman–Crippen MR) is 156 cm³/mol. The zero-order valence-electron chi connectivity index (χ0n) is 22.4. The number of nitrogens with one attached hydrogen (secondary N) is 1. The second-order valence-corrected chi connectivity index (χ2v) is 13.3. The second kappa shape index (κ2) is 11.2. The summed E-state index contributed by atoms with van der Waals surface area (Å²) in [7, 11) is -3.78. The monoisotopic (exact) mass is 598 g/mol. The molecule has 216 valence electrons. The molecule has 3 aliphatic heterocycles. The number of piperazine rings is 1. The number of aromatic nitrogens is 1. The van der Waals surface area contributed by atoms with Gasteiger partial charge in [-0.15, -0.1) is 0 Å². The first-order chi connectivity index (χ1) is 19.7. The molecule has 2 unspecified atom stereocenters. The zero-order valence-corrected chi connectivity index (χ0v) is 24.0. The van der Waals surface area contributed by atoms with Crippen LogP contribution in [0.1, 0.15) is 47.5 Å². The van der Waals surface area contributed by atoms with Gasteiger partial charge in [0.1, 0.15) is 17.5 Å². The summed E-state index contributed by atoms with van der Waals surface area (Å²) in [5.41, 5.74) is 4.03. The lowest BCUT2D eigenvalue weighted by atomic mass is 9.90. The minimum atomic E-state index is -3.78. The third-order valence-corrected chi connectivity index (χ3v) is 10.7. The van der Waals surface area contributed by atoms with Crippen molar-refractivity contribution in [1.29, 1.82) is 0 Å². The molecular formula is C29H32ClFN6O3S. The van der Waals surface area contributed by atoms with Crippen LogP contribution in [0, 0.1) is 5.82 Å². The fourth-order valence-electron chi connectivity index (χ4n) is 6.43. The number of benzene rings is 2. The minimum Gasteiger partial charge on any atom is -0.347 e. The maximum absolute atomic E-state index is 13.8. The number of pyridine rings is 1. The minimum absolute atomic E-state index is 0.0605. The molecular weight excluding hydrogens is 567 g/mol. The number of piperidine rings is 1. The van der Waals surface area contributed by atoms with Crippen LogP contribution in [0.5, 0.6) is 0 Å². The van der Waals surface area contributed by atoms with Crippen LogP contribution >= 0.6 is 11.6 Å². The van der Waals surface area contributed by atoms with Gasteiger partial charge in [-0.2, -0.15) is 4.31 Å². The SMILES string of the molecule is NNc1cc(S(=O)(=O)N2CCC(c3ccccc3)CC2)cc(N2C3CCC2CN(C(=O)c2ccc(F)cc2Cl)C3)n1. The van der Waals surface area contributed by atoms with Crippen LogP contribution in [0.2, 0.25) is 5.02 Å². The van der Waals surface area contributed by atoms with Crippen LogP contribution in [0.3, 0.4) is 0 Å². The Hall–Kier alpha value is -3.25. The van der Waals surface area contributed by atoms with E-state index < -0.39 is 15.8 Å². The fourth-order valence-corrected chi connectivity index (χ4v) is 8.18. The van der Waals surface area contributed by atoms with Gasteiger partial charge in [0, 0.05) is 50.4 Å². The van der Waals surface area contributed by atoms with Crippen molar-refractivity contribution < 1.29 is 17.6 Å². The molecule has 1 aromatic heterocycles. The molecule has 12 heteroatoms. The van der Waals surface area contributed by atoms with E-state index in [0.29, 0.717) is 37.9 Å². The summed E-state index contributed by atoms with van der Waals surface area (Å²) >= 11 is 6.17. The Morgan fingerprint density at radius 1 is 0.976 bits per heavy atom. The molecule has 4 heterocycles. The number of fused-ring (bicyclic) bond motifs is 2. The molecule has 0 radical (unpaired) electrons. The maximum Gasteiger partial charge on any atom is 0.255 e. The highest BCUT2D eigenvalue weighted by Gasteiger charge is 2.43. The van der Waals surface area contributed by atoms with Crippen molar-refractivity contribution in [1.82, 2.24) is 14.2 Å². The van der Waals surface area contributed by atoms with E-state index in [2.05, 4.69) is 27.4 Å². The van der Waals surface area contributed by atoms with E-state index >= 15 is 0 Å². The first-order valence-corrected chi connectivity index (χ1v) is 15.6. The Kier molecular flexibility index (Phi) is 7.62. The molecule has 2 bridgehead atoms. The molecule has 1 amide bonds. The molecule has 0 saturated carbocycles. The summed E-state index contributed by atoms with van der Waals surface area (Å²) in [6, 6.07) is 17.0. The lowest BCUT2D eigenvalue weighted by molar-refractivity contribution is 0.0717. The molecule has 0 spiro atoms. The van der Waals surface area contributed by atoms with Gasteiger partial charge in [-0.1, -0.05) is 41.9 Å². The Balaban J connectivity index is 1.21. The number of nitrogen functional groups attached to an aromatic ring is 1. The van der Waals surface area contributed by atoms with Gasteiger partial charge in [0.2, 0.25) is 10.0 Å². The van der Waals surface area contributed by atoms with Crippen LogP contribution in [0.25, 0.3) is 0 Å². The van der Waals surface area contributed by atoms with Crippen LogP contribution in [-0.4, -0.2) is 66.8 Å². The number of amides is 1. The standard InChI is InChI=1S/C29H32ClFN6O3S/c30-26-14-21(31)6-9-25(26)29(38)35-17-22-7-8-23(18-35)37(22)28-16-24(15-27(33-28)34-32)41(39,40)36-12-10-20(11-13-36)19-4-2-1-3-5-19/h1-6,9,14-16,20,22-23H,7-8,10-13,17-18,32H2,(H,33,34). The van der Waals surface area contributed by atoms with Gasteiger partial charge in [0.05, 0.1) is 15.5 Å². The van der Waals surface area contributed by atoms with Gasteiger partial charge in [-0.25, -0.2) is 23.6 Å². The van der Waals surface area contributed by atoms with E-state index in [-0.39, 0.29) is 39.3 Å². The lowest BCUT2D eigenvalue weighted by Crippen LogP contribution is -2.55. The molecule has 41 heavy (non-hydrogen) atoms. The fraction of sp³-hybridized carbons (Fsp3) is 0.379. The molecule has 3 aliphatic rings. The number of carbonyl (C=O) groups is 1. The summed E-state index contributed by atoms with van der Waals surface area (Å²) in [6.45, 7) is 1.70. The summed E-state index contributed by atoms with van der Waals surface area (Å²) in [6.07, 6.45) is 3.15. The Morgan fingerprint density at radius 3 is 2.29 bits per heavy atom. The highest BCUT2D eigenvalue weighted by atomic mass is 35.5. The normalized spacial score (nSPS) is 21.7. The Morgan fingerprint density at radius 2 is 1.66 bits per heavy atom. The first-order valence-electron chi connectivity index (χ1n) is 13.8. The summed E-state index contributed by atoms with van der Waals surface area (Å²) < 4.78 is 42.6. The van der Waals surface area contributed by atoms with Crippen molar-refractivity contribution in [2.75, 3.05) is 36.5 Å². The number of hydrazine groups is 1. The topological polar surface area (TPSA) is 112 Å². The summed E-state index contributed by atoms with van der Waals surface area (Å²) in [5, 5.41) is 0.0795. The van der Waals surface area contributed by atoms with E-state index in [1.807, 2.05) is 18.2 Å². The maximum atomic E-state index is 13.8. The number of likely N-dealkylation sites (tertiary alicyclic amines) is 1. The number of nitrogens with zero attached hydrogens (tertiary/aromatic N) is 4. The van der Waals surface area contributed by atoms with Gasteiger partial charge in [-0.3, -0.25) is 4.79 Å². The number of nitrogens with two attached hydrogens (primary N) is 1. The van der Waals surface area contributed by atoms with E-state index in [1.165, 1.54) is 23.8 Å². The summed E-state index contributed by atoms with van der Waals surface area (Å²) in [4.78, 5) is 21.8. The van der Waals surface area contributed by atoms with E-state index in [0.717, 1.165) is 31.7 Å². The van der Waals surface area contributed by atoms with E-state index in [9.17, 15) is 17.6 Å². The average molecular weight is 599 g/mol. The van der Waals surface area contributed by atoms with Crippen LogP contribution in [-0.2, 0) is 10.0 Å². The zero-order chi connectivity index (χ0) is 28.7. The second-order valence-electron chi connectivity index (χ2n) is 10.9. The van der Waals surface area contributed by atoms with Crippen LogP contribution in [0.4, 0.5) is 16.0 Å². The number of hydrogen-bond acceptors (Lipinski definition) is 7. The number of hydrogen-bond donors (Lipinski definition) is 2. The highest BCUT2D eigenvalue weighted by molar-refractivity contribution is 7.89. The van der Waals surface area contributed by atoms with Gasteiger partial charge < -0.3 is 15.2 Å². The van der Waals surface area contributed by atoms with Crippen molar-refractivity contribution in [2.45, 2.75) is 48.6 Å². The number of anilines is 2. The average Bonchev–Trinajstić information content (AvgIpc) is 3.26. The third-order valence-electron chi connectivity index (χ3n) is 8.49. The quantitative estimate of drug-likeness (QED) is 0.323. The lowest BCUT2D eigenvalue weighted by Gasteiger charge is -2.42. The van der Waals surface area contributed by atoms with Crippen LogP contribution in [0.15, 0.2) is 65.6 Å². The number of sulfonamides is 1. The van der Waals surface area contributed by atoms with E-state index in [4.69, 9.17) is 17.4 Å². The smallest absolute Gasteiger partial charge is 0.255 e.